The first kappa shape index (κ1) is 19.7. The van der Waals surface area contributed by atoms with Gasteiger partial charge in [0.25, 0.3) is 0 Å². The van der Waals surface area contributed by atoms with Crippen molar-refractivity contribution in [1.82, 2.24) is 9.88 Å². The Kier molecular flexibility index (Phi) is 5.56. The van der Waals surface area contributed by atoms with Gasteiger partial charge in [0, 0.05) is 35.6 Å². The minimum atomic E-state index is 0.668. The van der Waals surface area contributed by atoms with Crippen molar-refractivity contribution in [3.05, 3.63) is 65.4 Å². The second kappa shape index (κ2) is 8.47. The summed E-state index contributed by atoms with van der Waals surface area (Å²) in [7, 11) is 1.81. The Bertz CT molecular complexity index is 1010. The zero-order chi connectivity index (χ0) is 20.5. The SMILES string of the molecule is COc1cccc2c1CCC1C2CC(C)CN1CCCCc1c[nH]c2ccccc12. The topological polar surface area (TPSA) is 28.3 Å². The van der Waals surface area contributed by atoms with Crippen molar-refractivity contribution in [2.75, 3.05) is 20.2 Å². The van der Waals surface area contributed by atoms with Crippen LogP contribution in [0.3, 0.4) is 0 Å². The predicted molar refractivity (Wildman–Crippen MR) is 124 cm³/mol. The van der Waals surface area contributed by atoms with Crippen LogP contribution in [0.2, 0.25) is 0 Å². The molecule has 1 fully saturated rings. The summed E-state index contributed by atoms with van der Waals surface area (Å²) >= 11 is 0. The molecule has 1 N–H and O–H groups in total. The molecule has 5 rings (SSSR count). The number of methoxy groups -OCH3 is 1. The number of aromatic nitrogens is 1. The third kappa shape index (κ3) is 3.65. The third-order valence-electron chi connectivity index (χ3n) is 7.43. The van der Waals surface area contributed by atoms with Crippen LogP contribution in [-0.4, -0.2) is 36.1 Å². The molecule has 3 heteroatoms. The molecule has 30 heavy (non-hydrogen) atoms. The second-order valence-corrected chi connectivity index (χ2v) is 9.39. The molecule has 3 unspecified atom stereocenters. The van der Waals surface area contributed by atoms with Gasteiger partial charge in [-0.2, -0.15) is 0 Å². The number of aromatic amines is 1. The highest BCUT2D eigenvalue weighted by Crippen LogP contribution is 2.44. The van der Waals surface area contributed by atoms with Crippen molar-refractivity contribution in [1.29, 1.82) is 0 Å². The summed E-state index contributed by atoms with van der Waals surface area (Å²) in [6.07, 6.45) is 9.65. The number of likely N-dealkylation sites (tertiary alicyclic amines) is 1. The number of benzene rings is 2. The van der Waals surface area contributed by atoms with Crippen LogP contribution >= 0.6 is 0 Å². The lowest BCUT2D eigenvalue weighted by atomic mass is 9.71. The number of nitrogens with zero attached hydrogens (tertiary/aromatic N) is 1. The van der Waals surface area contributed by atoms with Crippen molar-refractivity contribution < 1.29 is 4.74 Å². The summed E-state index contributed by atoms with van der Waals surface area (Å²) in [5.74, 6) is 2.52. The smallest absolute Gasteiger partial charge is 0.122 e. The molecular formula is C27H34N2O. The van der Waals surface area contributed by atoms with Gasteiger partial charge in [-0.25, -0.2) is 0 Å². The molecule has 1 aliphatic carbocycles. The van der Waals surface area contributed by atoms with Crippen LogP contribution in [-0.2, 0) is 12.8 Å². The van der Waals surface area contributed by atoms with E-state index in [9.17, 15) is 0 Å². The number of nitrogens with one attached hydrogen (secondary N) is 1. The van der Waals surface area contributed by atoms with Crippen molar-refractivity contribution in [2.24, 2.45) is 5.92 Å². The first-order chi connectivity index (χ1) is 14.7. The average molecular weight is 403 g/mol. The maximum Gasteiger partial charge on any atom is 0.122 e. The molecule has 1 saturated heterocycles. The maximum atomic E-state index is 5.68. The van der Waals surface area contributed by atoms with Gasteiger partial charge in [0.15, 0.2) is 0 Å². The predicted octanol–water partition coefficient (Wildman–Crippen LogP) is 5.94. The van der Waals surface area contributed by atoms with Crippen molar-refractivity contribution >= 4 is 10.9 Å². The quantitative estimate of drug-likeness (QED) is 0.517. The molecule has 158 valence electrons. The molecule has 2 aliphatic rings. The fourth-order valence-corrected chi connectivity index (χ4v) is 6.08. The van der Waals surface area contributed by atoms with E-state index in [1.807, 2.05) is 7.11 Å². The normalized spacial score (nSPS) is 23.9. The molecule has 3 aromatic rings. The standard InChI is InChI=1S/C27H34N2O/c1-19-16-24-22-10-7-12-27(30-2)23(22)13-14-26(24)29(18-19)15-6-5-8-20-17-28-25-11-4-3-9-21(20)25/h3-4,7,9-12,17,19,24,26,28H,5-6,8,13-16,18H2,1-2H3. The Morgan fingerprint density at radius 1 is 1.10 bits per heavy atom. The van der Waals surface area contributed by atoms with Gasteiger partial charge in [-0.05, 0) is 79.8 Å². The minimum Gasteiger partial charge on any atom is -0.496 e. The molecule has 0 amide bonds. The molecule has 0 bridgehead atoms. The van der Waals surface area contributed by atoms with E-state index in [0.29, 0.717) is 12.0 Å². The van der Waals surface area contributed by atoms with E-state index in [4.69, 9.17) is 4.74 Å². The number of para-hydroxylation sites is 1. The third-order valence-corrected chi connectivity index (χ3v) is 7.43. The van der Waals surface area contributed by atoms with Crippen LogP contribution in [0.15, 0.2) is 48.7 Å². The van der Waals surface area contributed by atoms with Gasteiger partial charge in [-0.1, -0.05) is 37.3 Å². The molecule has 2 aromatic carbocycles. The Hall–Kier alpha value is -2.26. The number of ether oxygens (including phenoxy) is 1. The van der Waals surface area contributed by atoms with E-state index >= 15 is 0 Å². The lowest BCUT2D eigenvalue weighted by Gasteiger charge is -2.47. The number of piperidine rings is 1. The fourth-order valence-electron chi connectivity index (χ4n) is 6.08. The fraction of sp³-hybridized carbons (Fsp3) is 0.481. The summed E-state index contributed by atoms with van der Waals surface area (Å²) in [5, 5.41) is 1.39. The van der Waals surface area contributed by atoms with E-state index in [1.165, 1.54) is 67.2 Å². The van der Waals surface area contributed by atoms with Gasteiger partial charge in [-0.3, -0.25) is 4.90 Å². The lowest BCUT2D eigenvalue weighted by Crippen LogP contribution is -2.49. The van der Waals surface area contributed by atoms with Gasteiger partial charge in [0.1, 0.15) is 5.75 Å². The summed E-state index contributed by atoms with van der Waals surface area (Å²) < 4.78 is 5.68. The van der Waals surface area contributed by atoms with Gasteiger partial charge in [0.2, 0.25) is 0 Å². The first-order valence-corrected chi connectivity index (χ1v) is 11.7. The molecule has 1 aliphatic heterocycles. The van der Waals surface area contributed by atoms with Crippen molar-refractivity contribution in [3.63, 3.8) is 0 Å². The van der Waals surface area contributed by atoms with E-state index in [0.717, 1.165) is 18.1 Å². The van der Waals surface area contributed by atoms with E-state index in [2.05, 4.69) is 65.5 Å². The Balaban J connectivity index is 1.24. The number of fused-ring (bicyclic) bond motifs is 4. The molecule has 0 saturated carbocycles. The lowest BCUT2D eigenvalue weighted by molar-refractivity contribution is 0.0792. The summed E-state index contributed by atoms with van der Waals surface area (Å²) in [6, 6.07) is 16.0. The Morgan fingerprint density at radius 2 is 2.00 bits per heavy atom. The van der Waals surface area contributed by atoms with Crippen LogP contribution in [0.5, 0.6) is 5.75 Å². The van der Waals surface area contributed by atoms with E-state index in [1.54, 1.807) is 5.56 Å². The summed E-state index contributed by atoms with van der Waals surface area (Å²) in [4.78, 5) is 6.24. The van der Waals surface area contributed by atoms with Crippen molar-refractivity contribution in [2.45, 2.75) is 57.4 Å². The van der Waals surface area contributed by atoms with Crippen LogP contribution in [0.4, 0.5) is 0 Å². The highest BCUT2D eigenvalue weighted by atomic mass is 16.5. The van der Waals surface area contributed by atoms with Crippen LogP contribution in [0, 0.1) is 5.92 Å². The zero-order valence-corrected chi connectivity index (χ0v) is 18.4. The second-order valence-electron chi connectivity index (χ2n) is 9.39. The highest BCUT2D eigenvalue weighted by molar-refractivity contribution is 5.82. The minimum absolute atomic E-state index is 0.668. The van der Waals surface area contributed by atoms with E-state index in [-0.39, 0.29) is 0 Å². The molecule has 0 spiro atoms. The molecule has 0 radical (unpaired) electrons. The number of aryl methyl sites for hydroxylation is 1. The summed E-state index contributed by atoms with van der Waals surface area (Å²) in [6.45, 7) is 4.92. The highest BCUT2D eigenvalue weighted by Gasteiger charge is 2.39. The number of hydrogen-bond donors (Lipinski definition) is 1. The van der Waals surface area contributed by atoms with Gasteiger partial charge in [-0.15, -0.1) is 0 Å². The van der Waals surface area contributed by atoms with E-state index < -0.39 is 0 Å². The molecule has 3 atom stereocenters. The monoisotopic (exact) mass is 402 g/mol. The van der Waals surface area contributed by atoms with Crippen LogP contribution in [0.25, 0.3) is 10.9 Å². The zero-order valence-electron chi connectivity index (χ0n) is 18.4. The Morgan fingerprint density at radius 3 is 2.90 bits per heavy atom. The van der Waals surface area contributed by atoms with Crippen LogP contribution in [0.1, 0.15) is 55.2 Å². The van der Waals surface area contributed by atoms with Gasteiger partial charge < -0.3 is 9.72 Å². The molecule has 2 heterocycles. The largest absolute Gasteiger partial charge is 0.496 e. The number of H-pyrrole nitrogens is 1. The maximum absolute atomic E-state index is 5.68. The molecule has 1 aromatic heterocycles. The average Bonchev–Trinajstić information content (AvgIpc) is 3.19. The van der Waals surface area contributed by atoms with Crippen LogP contribution < -0.4 is 4.74 Å². The number of rotatable bonds is 6. The van der Waals surface area contributed by atoms with Crippen molar-refractivity contribution in [3.8, 4) is 5.75 Å². The first-order valence-electron chi connectivity index (χ1n) is 11.7. The van der Waals surface area contributed by atoms with Gasteiger partial charge in [0.05, 0.1) is 7.11 Å². The number of unbranched alkanes of at least 4 members (excludes halogenated alkanes) is 1. The number of hydrogen-bond acceptors (Lipinski definition) is 2. The summed E-state index contributed by atoms with van der Waals surface area (Å²) in [5.41, 5.74) is 5.75. The molecular weight excluding hydrogens is 368 g/mol. The molecule has 3 nitrogen and oxygen atoms in total. The van der Waals surface area contributed by atoms with Gasteiger partial charge >= 0.3 is 0 Å². The Labute approximate surface area is 180 Å².